The number of hydrogen-bond donors (Lipinski definition) is 1. The van der Waals surface area contributed by atoms with Crippen molar-refractivity contribution in [3.8, 4) is 11.5 Å². The van der Waals surface area contributed by atoms with Crippen LogP contribution in [0.2, 0.25) is 0 Å². The summed E-state index contributed by atoms with van der Waals surface area (Å²) in [6.45, 7) is 0. The summed E-state index contributed by atoms with van der Waals surface area (Å²) in [5, 5.41) is 10.8. The topological polar surface area (TPSA) is 111 Å². The molecule has 2 aromatic rings. The van der Waals surface area contributed by atoms with E-state index >= 15 is 0 Å². The Labute approximate surface area is 169 Å². The van der Waals surface area contributed by atoms with Gasteiger partial charge >= 0.3 is 0 Å². The van der Waals surface area contributed by atoms with E-state index in [2.05, 4.69) is 5.10 Å². The van der Waals surface area contributed by atoms with Gasteiger partial charge in [-0.25, -0.2) is 18.6 Å². The molecule has 8 nitrogen and oxygen atoms in total. The van der Waals surface area contributed by atoms with Crippen LogP contribution in [-0.4, -0.2) is 34.3 Å². The van der Waals surface area contributed by atoms with Gasteiger partial charge in [0.1, 0.15) is 0 Å². The highest BCUT2D eigenvalue weighted by Gasteiger charge is 2.21. The number of amides is 1. The first-order valence-electron chi connectivity index (χ1n) is 8.75. The molecular formula is C20H21N3O5S. The molecule has 9 heteroatoms. The Morgan fingerprint density at radius 1 is 1.00 bits per heavy atom. The lowest BCUT2D eigenvalue weighted by Crippen LogP contribution is -2.31. The highest BCUT2D eigenvalue weighted by molar-refractivity contribution is 7.89. The number of carbonyl (C=O) groups excluding carboxylic acids is 1. The number of sulfonamides is 1. The number of methoxy groups -OCH3 is 2. The molecule has 0 aromatic heterocycles. The Morgan fingerprint density at radius 2 is 1.69 bits per heavy atom. The standard InChI is InChI=1S/C20H21N3O5S/c1-27-18-11-4-14(13-19(18)28-2)3-5-15-6-12-20(24)23(22-15)16-7-9-17(10-8-16)29(21,25)26/h3-5,7-11,13H,6,12H2,1-2H3,(H2,21,25,26)/b5-3+. The predicted octanol–water partition coefficient (Wildman–Crippen LogP) is 2.55. The normalized spacial score (nSPS) is 14.8. The van der Waals surface area contributed by atoms with E-state index in [1.807, 2.05) is 30.4 Å². The average Bonchev–Trinajstić information content (AvgIpc) is 2.72. The maximum Gasteiger partial charge on any atom is 0.247 e. The minimum Gasteiger partial charge on any atom is -0.493 e. The smallest absolute Gasteiger partial charge is 0.247 e. The summed E-state index contributed by atoms with van der Waals surface area (Å²) >= 11 is 0. The van der Waals surface area contributed by atoms with Gasteiger partial charge in [0.05, 0.1) is 30.5 Å². The SMILES string of the molecule is COc1ccc(/C=C/C2=NN(c3ccc(S(N)(=O)=O)cc3)C(=O)CC2)cc1OC. The Kier molecular flexibility index (Phi) is 6.00. The number of primary sulfonamides is 1. The Bertz CT molecular complexity index is 1080. The van der Waals surface area contributed by atoms with Crippen LogP contribution in [0.3, 0.4) is 0 Å². The van der Waals surface area contributed by atoms with Gasteiger partial charge in [-0.3, -0.25) is 4.79 Å². The predicted molar refractivity (Wildman–Crippen MR) is 111 cm³/mol. The lowest BCUT2D eigenvalue weighted by atomic mass is 10.1. The number of nitrogens with two attached hydrogens (primary N) is 1. The van der Waals surface area contributed by atoms with Crippen LogP contribution in [0.4, 0.5) is 5.69 Å². The van der Waals surface area contributed by atoms with Crippen molar-refractivity contribution in [1.82, 2.24) is 0 Å². The van der Waals surface area contributed by atoms with Crippen LogP contribution in [0.1, 0.15) is 18.4 Å². The molecule has 1 aliphatic rings. The largest absolute Gasteiger partial charge is 0.493 e. The molecule has 0 unspecified atom stereocenters. The fraction of sp³-hybridized carbons (Fsp3) is 0.200. The monoisotopic (exact) mass is 415 g/mol. The van der Waals surface area contributed by atoms with Crippen LogP contribution >= 0.6 is 0 Å². The summed E-state index contributed by atoms with van der Waals surface area (Å²) in [4.78, 5) is 12.2. The number of nitrogens with zero attached hydrogens (tertiary/aromatic N) is 2. The van der Waals surface area contributed by atoms with E-state index in [9.17, 15) is 13.2 Å². The van der Waals surface area contributed by atoms with Gasteiger partial charge in [-0.2, -0.15) is 5.10 Å². The maximum absolute atomic E-state index is 12.3. The molecule has 0 bridgehead atoms. The Hall–Kier alpha value is -3.17. The third-order valence-electron chi connectivity index (χ3n) is 4.35. The zero-order chi connectivity index (χ0) is 21.0. The maximum atomic E-state index is 12.3. The molecule has 0 aliphatic carbocycles. The molecule has 1 heterocycles. The molecule has 0 saturated heterocycles. The average molecular weight is 415 g/mol. The molecule has 0 spiro atoms. The van der Waals surface area contributed by atoms with Crippen molar-refractivity contribution in [3.05, 3.63) is 54.1 Å². The first kappa shape index (κ1) is 20.6. The van der Waals surface area contributed by atoms with Gasteiger partial charge in [-0.1, -0.05) is 12.1 Å². The van der Waals surface area contributed by atoms with Crippen LogP contribution in [0.5, 0.6) is 11.5 Å². The summed E-state index contributed by atoms with van der Waals surface area (Å²) in [5.74, 6) is 1.09. The minimum absolute atomic E-state index is 0.0248. The number of rotatable bonds is 6. The van der Waals surface area contributed by atoms with Gasteiger partial charge in [-0.05, 0) is 48.0 Å². The van der Waals surface area contributed by atoms with Gasteiger partial charge in [0, 0.05) is 12.8 Å². The fourth-order valence-corrected chi connectivity index (χ4v) is 3.33. The highest BCUT2D eigenvalue weighted by Crippen LogP contribution is 2.28. The first-order valence-corrected chi connectivity index (χ1v) is 10.3. The molecule has 152 valence electrons. The molecule has 2 aromatic carbocycles. The third kappa shape index (κ3) is 4.82. The fourth-order valence-electron chi connectivity index (χ4n) is 2.82. The summed E-state index contributed by atoms with van der Waals surface area (Å²) < 4.78 is 33.3. The van der Waals surface area contributed by atoms with Gasteiger partial charge in [0.15, 0.2) is 11.5 Å². The number of hydrazone groups is 1. The summed E-state index contributed by atoms with van der Waals surface area (Å²) in [7, 11) is -0.649. The Morgan fingerprint density at radius 3 is 2.31 bits per heavy atom. The molecule has 0 atom stereocenters. The van der Waals surface area contributed by atoms with E-state index in [4.69, 9.17) is 14.6 Å². The molecular weight excluding hydrogens is 394 g/mol. The number of anilines is 1. The minimum atomic E-state index is -3.79. The van der Waals surface area contributed by atoms with Crippen LogP contribution in [0.25, 0.3) is 6.08 Å². The molecule has 2 N–H and O–H groups in total. The second kappa shape index (κ2) is 8.46. The summed E-state index contributed by atoms with van der Waals surface area (Å²) in [6, 6.07) is 11.2. The second-order valence-corrected chi connectivity index (χ2v) is 7.84. The lowest BCUT2D eigenvalue weighted by Gasteiger charge is -2.22. The van der Waals surface area contributed by atoms with E-state index in [1.165, 1.54) is 29.3 Å². The van der Waals surface area contributed by atoms with E-state index in [1.54, 1.807) is 14.2 Å². The van der Waals surface area contributed by atoms with E-state index in [0.29, 0.717) is 30.0 Å². The molecule has 1 aliphatic heterocycles. The van der Waals surface area contributed by atoms with Crippen molar-refractivity contribution in [2.24, 2.45) is 10.2 Å². The molecule has 29 heavy (non-hydrogen) atoms. The van der Waals surface area contributed by atoms with Crippen LogP contribution in [0, 0.1) is 0 Å². The first-order chi connectivity index (χ1) is 13.8. The van der Waals surface area contributed by atoms with E-state index < -0.39 is 10.0 Å². The number of ether oxygens (including phenoxy) is 2. The van der Waals surface area contributed by atoms with Crippen molar-refractivity contribution in [2.45, 2.75) is 17.7 Å². The number of allylic oxidation sites excluding steroid dienone is 1. The van der Waals surface area contributed by atoms with Crippen molar-refractivity contribution >= 4 is 33.4 Å². The van der Waals surface area contributed by atoms with Crippen molar-refractivity contribution < 1.29 is 22.7 Å². The van der Waals surface area contributed by atoms with Crippen molar-refractivity contribution in [1.29, 1.82) is 0 Å². The van der Waals surface area contributed by atoms with Gasteiger partial charge in [-0.15, -0.1) is 0 Å². The number of benzene rings is 2. The summed E-state index contributed by atoms with van der Waals surface area (Å²) in [5.41, 5.74) is 2.08. The quantitative estimate of drug-likeness (QED) is 0.779. The Balaban J connectivity index is 1.83. The van der Waals surface area contributed by atoms with Crippen molar-refractivity contribution in [2.75, 3.05) is 19.2 Å². The summed E-state index contributed by atoms with van der Waals surface area (Å²) in [6.07, 6.45) is 4.51. The van der Waals surface area contributed by atoms with Crippen LogP contribution < -0.4 is 19.6 Å². The van der Waals surface area contributed by atoms with E-state index in [-0.39, 0.29) is 10.8 Å². The number of hydrogen-bond acceptors (Lipinski definition) is 6. The molecule has 0 fully saturated rings. The molecule has 0 saturated carbocycles. The number of carbonyl (C=O) groups is 1. The van der Waals surface area contributed by atoms with Gasteiger partial charge in [0.25, 0.3) is 0 Å². The lowest BCUT2D eigenvalue weighted by molar-refractivity contribution is -0.118. The molecule has 1 amide bonds. The van der Waals surface area contributed by atoms with Gasteiger partial charge in [0.2, 0.25) is 15.9 Å². The second-order valence-electron chi connectivity index (χ2n) is 6.28. The van der Waals surface area contributed by atoms with E-state index in [0.717, 1.165) is 11.3 Å². The molecule has 3 rings (SSSR count). The zero-order valence-corrected chi connectivity index (χ0v) is 16.8. The zero-order valence-electron chi connectivity index (χ0n) is 16.0. The third-order valence-corrected chi connectivity index (χ3v) is 5.27. The molecule has 0 radical (unpaired) electrons. The van der Waals surface area contributed by atoms with Crippen LogP contribution in [0.15, 0.2) is 58.5 Å². The highest BCUT2D eigenvalue weighted by atomic mass is 32.2. The van der Waals surface area contributed by atoms with Crippen molar-refractivity contribution in [3.63, 3.8) is 0 Å². The van der Waals surface area contributed by atoms with Gasteiger partial charge < -0.3 is 9.47 Å². The van der Waals surface area contributed by atoms with Crippen LogP contribution in [-0.2, 0) is 14.8 Å².